The van der Waals surface area contributed by atoms with E-state index in [1.165, 1.54) is 36.2 Å². The van der Waals surface area contributed by atoms with Gasteiger partial charge in [0.2, 0.25) is 15.9 Å². The van der Waals surface area contributed by atoms with Gasteiger partial charge in [-0.1, -0.05) is 12.1 Å². The third kappa shape index (κ3) is 4.70. The van der Waals surface area contributed by atoms with Gasteiger partial charge in [0.05, 0.1) is 10.6 Å². The number of carbonyl (C=O) groups is 1. The summed E-state index contributed by atoms with van der Waals surface area (Å²) in [7, 11) is -3.67. The standard InChI is InChI=1S/C18H24N4O3S/c19-26(24,25)14-7-5-13(6-8-14)11-12-20-18(23)10-9-17-15-3-1-2-4-16(15)21-22-17/h5-8H,1-4,9-12H2,(H,20,23)(H,21,22)(H2,19,24,25). The molecule has 1 aliphatic rings. The Kier molecular flexibility index (Phi) is 5.73. The molecule has 0 radical (unpaired) electrons. The van der Waals surface area contributed by atoms with E-state index in [0.717, 1.165) is 24.1 Å². The molecule has 0 unspecified atom stereocenters. The van der Waals surface area contributed by atoms with E-state index >= 15 is 0 Å². The van der Waals surface area contributed by atoms with Crippen molar-refractivity contribution in [2.24, 2.45) is 5.14 Å². The second-order valence-electron chi connectivity index (χ2n) is 6.62. The highest BCUT2D eigenvalue weighted by molar-refractivity contribution is 7.89. The maximum Gasteiger partial charge on any atom is 0.238 e. The van der Waals surface area contributed by atoms with Crippen LogP contribution in [-0.2, 0) is 40.5 Å². The van der Waals surface area contributed by atoms with Gasteiger partial charge in [-0.3, -0.25) is 9.89 Å². The highest BCUT2D eigenvalue weighted by Crippen LogP contribution is 2.22. The van der Waals surface area contributed by atoms with E-state index < -0.39 is 10.0 Å². The van der Waals surface area contributed by atoms with Gasteiger partial charge in [-0.15, -0.1) is 0 Å². The average molecular weight is 376 g/mol. The summed E-state index contributed by atoms with van der Waals surface area (Å²) in [4.78, 5) is 12.1. The number of hydrogen-bond donors (Lipinski definition) is 3. The molecule has 1 amide bonds. The van der Waals surface area contributed by atoms with Gasteiger partial charge in [-0.25, -0.2) is 13.6 Å². The van der Waals surface area contributed by atoms with Gasteiger partial charge < -0.3 is 5.32 Å². The van der Waals surface area contributed by atoms with Crippen molar-refractivity contribution in [3.63, 3.8) is 0 Å². The summed E-state index contributed by atoms with van der Waals surface area (Å²) in [6.45, 7) is 0.506. The highest BCUT2D eigenvalue weighted by Gasteiger charge is 2.17. The van der Waals surface area contributed by atoms with Crippen LogP contribution < -0.4 is 10.5 Å². The van der Waals surface area contributed by atoms with Crippen molar-refractivity contribution in [1.29, 1.82) is 0 Å². The van der Waals surface area contributed by atoms with Crippen LogP contribution in [0.4, 0.5) is 0 Å². The molecule has 1 aromatic carbocycles. The summed E-state index contributed by atoms with van der Waals surface area (Å²) in [5.41, 5.74) is 4.50. The van der Waals surface area contributed by atoms with Crippen molar-refractivity contribution in [3.05, 3.63) is 46.8 Å². The topological polar surface area (TPSA) is 118 Å². The number of nitrogens with zero attached hydrogens (tertiary/aromatic N) is 1. The maximum absolute atomic E-state index is 12.0. The number of aromatic amines is 1. The smallest absolute Gasteiger partial charge is 0.238 e. The number of fused-ring (bicyclic) bond motifs is 1. The number of benzene rings is 1. The molecule has 0 fully saturated rings. The Morgan fingerprint density at radius 1 is 1.15 bits per heavy atom. The monoisotopic (exact) mass is 376 g/mol. The molecule has 1 heterocycles. The first-order valence-electron chi connectivity index (χ1n) is 8.87. The van der Waals surface area contributed by atoms with E-state index in [4.69, 9.17) is 5.14 Å². The van der Waals surface area contributed by atoms with Crippen LogP contribution >= 0.6 is 0 Å². The Morgan fingerprint density at radius 2 is 1.88 bits per heavy atom. The zero-order valence-electron chi connectivity index (χ0n) is 14.6. The summed E-state index contributed by atoms with van der Waals surface area (Å²) < 4.78 is 22.4. The number of H-pyrrole nitrogens is 1. The van der Waals surface area contributed by atoms with Crippen molar-refractivity contribution >= 4 is 15.9 Å². The average Bonchev–Trinajstić information content (AvgIpc) is 3.03. The van der Waals surface area contributed by atoms with Crippen molar-refractivity contribution < 1.29 is 13.2 Å². The van der Waals surface area contributed by atoms with Crippen LogP contribution in [0.1, 0.15) is 41.8 Å². The van der Waals surface area contributed by atoms with Crippen molar-refractivity contribution in [3.8, 4) is 0 Å². The summed E-state index contributed by atoms with van der Waals surface area (Å²) in [6.07, 6.45) is 6.20. The number of nitrogens with two attached hydrogens (primary N) is 1. The Balaban J connectivity index is 1.42. The zero-order chi connectivity index (χ0) is 18.6. The fraction of sp³-hybridized carbons (Fsp3) is 0.444. The lowest BCUT2D eigenvalue weighted by atomic mass is 9.94. The van der Waals surface area contributed by atoms with Crippen LogP contribution in [-0.4, -0.2) is 31.1 Å². The lowest BCUT2D eigenvalue weighted by molar-refractivity contribution is -0.121. The van der Waals surface area contributed by atoms with Crippen molar-refractivity contribution in [2.45, 2.75) is 49.8 Å². The van der Waals surface area contributed by atoms with Crippen molar-refractivity contribution in [1.82, 2.24) is 15.5 Å². The Labute approximate surface area is 153 Å². The molecule has 0 saturated heterocycles. The molecule has 1 aliphatic carbocycles. The molecule has 26 heavy (non-hydrogen) atoms. The van der Waals surface area contributed by atoms with E-state index in [9.17, 15) is 13.2 Å². The number of sulfonamides is 1. The summed E-state index contributed by atoms with van der Waals surface area (Å²) >= 11 is 0. The molecule has 1 aromatic heterocycles. The van der Waals surface area contributed by atoms with Gasteiger partial charge in [0.1, 0.15) is 0 Å². The zero-order valence-corrected chi connectivity index (χ0v) is 15.4. The van der Waals surface area contributed by atoms with E-state index in [1.54, 1.807) is 12.1 Å². The normalized spacial score (nSPS) is 14.0. The van der Waals surface area contributed by atoms with Gasteiger partial charge >= 0.3 is 0 Å². The fourth-order valence-electron chi connectivity index (χ4n) is 3.27. The summed E-state index contributed by atoms with van der Waals surface area (Å²) in [6, 6.07) is 6.38. The number of rotatable bonds is 7. The maximum atomic E-state index is 12.0. The minimum absolute atomic E-state index is 0.00119. The van der Waals surface area contributed by atoms with E-state index in [2.05, 4.69) is 15.5 Å². The molecule has 0 spiro atoms. The largest absolute Gasteiger partial charge is 0.356 e. The summed E-state index contributed by atoms with van der Waals surface area (Å²) in [5, 5.41) is 15.4. The van der Waals surface area contributed by atoms with Crippen LogP contribution in [0.25, 0.3) is 0 Å². The van der Waals surface area contributed by atoms with Crippen molar-refractivity contribution in [2.75, 3.05) is 6.54 Å². The molecular formula is C18H24N4O3S. The molecular weight excluding hydrogens is 352 g/mol. The third-order valence-corrected chi connectivity index (χ3v) is 5.65. The van der Waals surface area contributed by atoms with Gasteiger partial charge in [0.25, 0.3) is 0 Å². The van der Waals surface area contributed by atoms with Crippen LogP contribution in [0.2, 0.25) is 0 Å². The lowest BCUT2D eigenvalue weighted by Gasteiger charge is -2.11. The molecule has 0 saturated carbocycles. The second kappa shape index (κ2) is 8.01. The van der Waals surface area contributed by atoms with Crippen LogP contribution in [0.5, 0.6) is 0 Å². The third-order valence-electron chi connectivity index (χ3n) is 4.72. The van der Waals surface area contributed by atoms with E-state index in [1.807, 2.05) is 0 Å². The molecule has 0 atom stereocenters. The molecule has 0 bridgehead atoms. The predicted molar refractivity (Wildman–Crippen MR) is 98.1 cm³/mol. The molecule has 8 heteroatoms. The molecule has 0 aliphatic heterocycles. The van der Waals surface area contributed by atoms with Crippen LogP contribution in [0.3, 0.4) is 0 Å². The number of aromatic nitrogens is 2. The minimum Gasteiger partial charge on any atom is -0.356 e. The first kappa shape index (κ1) is 18.6. The number of amides is 1. The molecule has 4 N–H and O–H groups in total. The van der Waals surface area contributed by atoms with Gasteiger partial charge in [-0.2, -0.15) is 5.10 Å². The quantitative estimate of drug-likeness (QED) is 0.673. The SMILES string of the molecule is NS(=O)(=O)c1ccc(CCNC(=O)CCc2n[nH]c3c2CCCC3)cc1. The molecule has 2 aromatic rings. The Bertz CT molecular complexity index is 872. The minimum atomic E-state index is -3.67. The first-order chi connectivity index (χ1) is 12.4. The number of nitrogens with one attached hydrogen (secondary N) is 2. The van der Waals surface area contributed by atoms with Gasteiger partial charge in [0.15, 0.2) is 0 Å². The Hall–Kier alpha value is -2.19. The molecule has 140 valence electrons. The van der Waals surface area contributed by atoms with Gasteiger partial charge in [0, 0.05) is 25.1 Å². The Morgan fingerprint density at radius 3 is 2.62 bits per heavy atom. The summed E-state index contributed by atoms with van der Waals surface area (Å²) in [5.74, 6) is -0.00119. The highest BCUT2D eigenvalue weighted by atomic mass is 32.2. The fourth-order valence-corrected chi connectivity index (χ4v) is 3.78. The van der Waals surface area contributed by atoms with E-state index in [0.29, 0.717) is 25.8 Å². The van der Waals surface area contributed by atoms with Crippen LogP contribution in [0.15, 0.2) is 29.2 Å². The predicted octanol–water partition coefficient (Wildman–Crippen LogP) is 1.23. The molecule has 7 nitrogen and oxygen atoms in total. The number of aryl methyl sites for hydroxylation is 2. The van der Waals surface area contributed by atoms with Crippen LogP contribution in [0, 0.1) is 0 Å². The molecule has 3 rings (SSSR count). The first-order valence-corrected chi connectivity index (χ1v) is 10.4. The number of primary sulfonamides is 1. The number of hydrogen-bond acceptors (Lipinski definition) is 4. The second-order valence-corrected chi connectivity index (χ2v) is 8.18. The van der Waals surface area contributed by atoms with Gasteiger partial charge in [-0.05, 0) is 55.4 Å². The number of carbonyl (C=O) groups excluding carboxylic acids is 1. The van der Waals surface area contributed by atoms with E-state index in [-0.39, 0.29) is 10.8 Å². The lowest BCUT2D eigenvalue weighted by Crippen LogP contribution is -2.26.